The third kappa shape index (κ3) is 7.69. The van der Waals surface area contributed by atoms with E-state index in [0.717, 1.165) is 40.2 Å². The Morgan fingerprint density at radius 3 is 2.35 bits per heavy atom. The van der Waals surface area contributed by atoms with Crippen molar-refractivity contribution in [3.63, 3.8) is 0 Å². The van der Waals surface area contributed by atoms with Crippen molar-refractivity contribution in [3.8, 4) is 5.75 Å². The number of aliphatic imine (C=N–C) groups is 1. The molecule has 1 heterocycles. The summed E-state index contributed by atoms with van der Waals surface area (Å²) in [5.41, 5.74) is 5.39. The molecule has 2 rings (SSSR count). The molecule has 0 fully saturated rings. The zero-order chi connectivity index (χ0) is 26.0. The number of rotatable bonds is 10. The molecule has 0 radical (unpaired) electrons. The molecule has 1 aromatic carbocycles. The molecule has 0 bridgehead atoms. The first-order valence-corrected chi connectivity index (χ1v) is 12.9. The van der Waals surface area contributed by atoms with Gasteiger partial charge in [-0.05, 0) is 73.9 Å². The third-order valence-electron chi connectivity index (χ3n) is 5.39. The fourth-order valence-corrected chi connectivity index (χ4v) is 4.84. The molecule has 190 valence electrons. The Morgan fingerprint density at radius 1 is 1.18 bits per heavy atom. The number of benzene rings is 1. The molecule has 1 aromatic heterocycles. The van der Waals surface area contributed by atoms with Crippen molar-refractivity contribution in [2.24, 2.45) is 10.9 Å². The van der Waals surface area contributed by atoms with E-state index in [2.05, 4.69) is 39.3 Å². The summed E-state index contributed by atoms with van der Waals surface area (Å²) in [5, 5.41) is 18.7. The van der Waals surface area contributed by atoms with E-state index in [9.17, 15) is 5.11 Å². The van der Waals surface area contributed by atoms with Gasteiger partial charge >= 0.3 is 0 Å². The molecule has 5 nitrogen and oxygen atoms in total. The van der Waals surface area contributed by atoms with Gasteiger partial charge in [-0.15, -0.1) is 11.3 Å². The van der Waals surface area contributed by atoms with E-state index in [0.29, 0.717) is 17.6 Å². The summed E-state index contributed by atoms with van der Waals surface area (Å²) in [4.78, 5) is 6.78. The van der Waals surface area contributed by atoms with Crippen LogP contribution < -0.4 is 4.74 Å². The van der Waals surface area contributed by atoms with Crippen LogP contribution in [0.2, 0.25) is 0 Å². The Kier molecular flexibility index (Phi) is 12.6. The Hall–Kier alpha value is -2.15. The average Bonchev–Trinajstić information content (AvgIpc) is 3.09. The summed E-state index contributed by atoms with van der Waals surface area (Å²) in [7, 11) is 1.74. The van der Waals surface area contributed by atoms with E-state index in [4.69, 9.17) is 14.6 Å². The molecule has 0 spiro atoms. The molecule has 0 aliphatic rings. The van der Waals surface area contributed by atoms with E-state index in [1.807, 2.05) is 39.8 Å². The summed E-state index contributed by atoms with van der Waals surface area (Å²) >= 11 is 1.72. The van der Waals surface area contributed by atoms with Gasteiger partial charge < -0.3 is 19.7 Å². The molecule has 0 amide bonds. The predicted molar refractivity (Wildman–Crippen MR) is 145 cm³/mol. The van der Waals surface area contributed by atoms with Gasteiger partial charge in [-0.3, -0.25) is 4.99 Å². The molecule has 34 heavy (non-hydrogen) atoms. The lowest BCUT2D eigenvalue weighted by Crippen LogP contribution is -2.22. The highest BCUT2D eigenvalue weighted by molar-refractivity contribution is 7.14. The van der Waals surface area contributed by atoms with Crippen LogP contribution in [0, 0.1) is 26.7 Å². The second-order valence-electron chi connectivity index (χ2n) is 8.53. The number of hydrogen-bond acceptors (Lipinski definition) is 6. The van der Waals surface area contributed by atoms with Crippen molar-refractivity contribution < 1.29 is 19.7 Å². The number of aryl methyl sites for hydroxylation is 3. The topological polar surface area (TPSA) is 71.3 Å². The molecule has 2 N–H and O–H groups in total. The van der Waals surface area contributed by atoms with Crippen LogP contribution in [0.1, 0.15) is 72.2 Å². The quantitative estimate of drug-likeness (QED) is 0.235. The third-order valence-corrected chi connectivity index (χ3v) is 6.63. The summed E-state index contributed by atoms with van der Waals surface area (Å²) in [6.45, 7) is 20.6. The van der Waals surface area contributed by atoms with Gasteiger partial charge in [0, 0.05) is 17.5 Å². The Balaban J connectivity index is 0.00000281. The summed E-state index contributed by atoms with van der Waals surface area (Å²) in [6, 6.07) is 3.96. The molecular weight excluding hydrogens is 446 g/mol. The smallest absolute Gasteiger partial charge is 0.232 e. The standard InChI is InChI=1S/C26H37NO4S.C2H6/c1-9-20-12-21(11-16(4)24(20)30-14-22(29)13-28)18(6)31-26(27-8)25-17(5)23(10-15(2)3)19(7)32-25;1-2/h11-12,15,22,28-29H,6,9-10,13-14H2,1-5,7-8H3;1-2H3. The molecule has 0 saturated carbocycles. The minimum Gasteiger partial charge on any atom is -0.490 e. The minimum atomic E-state index is -0.904. The number of aliphatic hydroxyl groups excluding tert-OH is 2. The SMILES string of the molecule is C=C(OC(=NC)c1sc(C)c(CC(C)C)c1C)c1cc(C)c(OCC(O)CO)c(CC)c1.CC. The van der Waals surface area contributed by atoms with E-state index in [1.165, 1.54) is 16.0 Å². The maximum Gasteiger partial charge on any atom is 0.232 e. The minimum absolute atomic E-state index is 0.0451. The van der Waals surface area contributed by atoms with Crippen molar-refractivity contribution >= 4 is 23.0 Å². The van der Waals surface area contributed by atoms with Gasteiger partial charge in [0.05, 0.1) is 11.5 Å². The second kappa shape index (κ2) is 14.3. The molecule has 1 unspecified atom stereocenters. The van der Waals surface area contributed by atoms with Crippen LogP contribution in [-0.4, -0.2) is 42.5 Å². The van der Waals surface area contributed by atoms with Crippen molar-refractivity contribution in [2.45, 2.75) is 74.3 Å². The van der Waals surface area contributed by atoms with Crippen molar-refractivity contribution in [1.82, 2.24) is 0 Å². The van der Waals surface area contributed by atoms with Gasteiger partial charge in [0.25, 0.3) is 0 Å². The highest BCUT2D eigenvalue weighted by Crippen LogP contribution is 2.33. The van der Waals surface area contributed by atoms with Crippen LogP contribution in [0.4, 0.5) is 0 Å². The summed E-state index contributed by atoms with van der Waals surface area (Å²) < 4.78 is 12.0. The van der Waals surface area contributed by atoms with Crippen molar-refractivity contribution in [2.75, 3.05) is 20.3 Å². The monoisotopic (exact) mass is 489 g/mol. The lowest BCUT2D eigenvalue weighted by Gasteiger charge is -2.18. The first-order valence-electron chi connectivity index (χ1n) is 12.1. The first-order chi connectivity index (χ1) is 16.1. The van der Waals surface area contributed by atoms with Gasteiger partial charge in [0.15, 0.2) is 0 Å². The normalized spacial score (nSPS) is 12.3. The fraction of sp³-hybridized carbons (Fsp3) is 0.536. The molecule has 0 aliphatic heterocycles. The highest BCUT2D eigenvalue weighted by atomic mass is 32.1. The molecular formula is C28H43NO4S. The largest absolute Gasteiger partial charge is 0.490 e. The zero-order valence-electron chi connectivity index (χ0n) is 22.4. The molecule has 0 saturated heterocycles. The Morgan fingerprint density at radius 2 is 1.82 bits per heavy atom. The van der Waals surface area contributed by atoms with E-state index >= 15 is 0 Å². The summed E-state index contributed by atoms with van der Waals surface area (Å²) in [6.07, 6.45) is 0.888. The van der Waals surface area contributed by atoms with Crippen LogP contribution in [0.5, 0.6) is 5.75 Å². The van der Waals surface area contributed by atoms with Crippen LogP contribution in [0.15, 0.2) is 23.7 Å². The number of nitrogens with zero attached hydrogens (tertiary/aromatic N) is 1. The van der Waals surface area contributed by atoms with Crippen LogP contribution >= 0.6 is 11.3 Å². The van der Waals surface area contributed by atoms with Gasteiger partial charge in [0.1, 0.15) is 24.2 Å². The van der Waals surface area contributed by atoms with Gasteiger partial charge in [-0.1, -0.05) is 41.2 Å². The zero-order valence-corrected chi connectivity index (χ0v) is 23.2. The predicted octanol–water partition coefficient (Wildman–Crippen LogP) is 6.26. The molecule has 2 aromatic rings. The number of hydrogen-bond donors (Lipinski definition) is 2. The van der Waals surface area contributed by atoms with Crippen LogP contribution in [0.25, 0.3) is 5.76 Å². The van der Waals surface area contributed by atoms with Crippen LogP contribution in [-0.2, 0) is 17.6 Å². The van der Waals surface area contributed by atoms with Gasteiger partial charge in [-0.25, -0.2) is 0 Å². The molecule has 1 atom stereocenters. The Labute approximate surface area is 210 Å². The lowest BCUT2D eigenvalue weighted by molar-refractivity contribution is 0.0531. The first kappa shape index (κ1) is 29.9. The van der Waals surface area contributed by atoms with Gasteiger partial charge in [-0.2, -0.15) is 0 Å². The van der Waals surface area contributed by atoms with Crippen molar-refractivity contribution in [1.29, 1.82) is 0 Å². The number of aliphatic hydroxyl groups is 2. The second-order valence-corrected chi connectivity index (χ2v) is 9.75. The van der Waals surface area contributed by atoms with E-state index in [-0.39, 0.29) is 13.2 Å². The average molecular weight is 490 g/mol. The highest BCUT2D eigenvalue weighted by Gasteiger charge is 2.20. The lowest BCUT2D eigenvalue weighted by atomic mass is 9.99. The van der Waals surface area contributed by atoms with Gasteiger partial charge in [0.2, 0.25) is 5.90 Å². The van der Waals surface area contributed by atoms with E-state index in [1.54, 1.807) is 18.4 Å². The Bertz CT molecular complexity index is 975. The fourth-order valence-electron chi connectivity index (χ4n) is 3.68. The van der Waals surface area contributed by atoms with Crippen LogP contribution in [0.3, 0.4) is 0 Å². The molecule has 6 heteroatoms. The number of thiophene rings is 1. The maximum atomic E-state index is 9.62. The maximum absolute atomic E-state index is 9.62. The molecule has 0 aliphatic carbocycles. The summed E-state index contributed by atoms with van der Waals surface area (Å²) in [5.74, 6) is 2.42. The van der Waals surface area contributed by atoms with Crippen molar-refractivity contribution in [3.05, 3.63) is 56.3 Å². The van der Waals surface area contributed by atoms with E-state index < -0.39 is 6.10 Å². The number of ether oxygens (including phenoxy) is 2.